The average Bonchev–Trinajstić information content (AvgIpc) is 1.90. The fourth-order valence-electron chi connectivity index (χ4n) is 1.00. The zero-order valence-corrected chi connectivity index (χ0v) is 7.54. The van der Waals surface area contributed by atoms with E-state index < -0.39 is 0 Å². The van der Waals surface area contributed by atoms with Crippen LogP contribution in [-0.2, 0) is 0 Å². The van der Waals surface area contributed by atoms with Crippen LogP contribution in [0.3, 0.4) is 0 Å². The van der Waals surface area contributed by atoms with Gasteiger partial charge in [0.25, 0.3) is 0 Å². The van der Waals surface area contributed by atoms with Crippen molar-refractivity contribution in [3.63, 3.8) is 0 Å². The first-order chi connectivity index (χ1) is 4.33. The molecule has 0 spiro atoms. The topological polar surface area (TPSA) is 0 Å². The maximum Gasteiger partial charge on any atom is 0.0289 e. The quantitative estimate of drug-likeness (QED) is 0.371. The van der Waals surface area contributed by atoms with E-state index in [1.54, 1.807) is 0 Å². The minimum absolute atomic E-state index is 0.649. The zero-order chi connectivity index (χ0) is 6.69. The zero-order valence-electron chi connectivity index (χ0n) is 5.39. The van der Waals surface area contributed by atoms with E-state index >= 15 is 0 Å². The SMILES string of the molecule is C=CC1C=CC(I)CC1. The summed E-state index contributed by atoms with van der Waals surface area (Å²) >= 11 is 2.46. The largest absolute Gasteiger partial charge is 0.102 e. The maximum absolute atomic E-state index is 3.76. The number of rotatable bonds is 1. The van der Waals surface area contributed by atoms with E-state index in [-0.39, 0.29) is 0 Å². The lowest BCUT2D eigenvalue weighted by Gasteiger charge is -2.15. The van der Waals surface area contributed by atoms with Gasteiger partial charge in [-0.3, -0.25) is 0 Å². The second-order valence-corrected chi connectivity index (χ2v) is 3.98. The first-order valence-corrected chi connectivity index (χ1v) is 4.52. The van der Waals surface area contributed by atoms with Crippen molar-refractivity contribution >= 4 is 22.6 Å². The highest BCUT2D eigenvalue weighted by Gasteiger charge is 2.09. The number of hydrogen-bond acceptors (Lipinski definition) is 0. The predicted molar refractivity (Wildman–Crippen MR) is 49.9 cm³/mol. The van der Waals surface area contributed by atoms with Gasteiger partial charge in [-0.1, -0.05) is 40.8 Å². The van der Waals surface area contributed by atoms with Crippen molar-refractivity contribution in [2.24, 2.45) is 5.92 Å². The van der Waals surface area contributed by atoms with Crippen LogP contribution in [-0.4, -0.2) is 3.92 Å². The Balaban J connectivity index is 2.47. The molecule has 0 aromatic heterocycles. The van der Waals surface area contributed by atoms with E-state index in [1.807, 2.05) is 6.08 Å². The summed E-state index contributed by atoms with van der Waals surface area (Å²) in [6, 6.07) is 0. The van der Waals surface area contributed by atoms with Crippen LogP contribution in [0.1, 0.15) is 12.8 Å². The molecular weight excluding hydrogens is 223 g/mol. The molecule has 0 aromatic rings. The van der Waals surface area contributed by atoms with Gasteiger partial charge < -0.3 is 0 Å². The lowest BCUT2D eigenvalue weighted by molar-refractivity contribution is 0.648. The highest BCUT2D eigenvalue weighted by Crippen LogP contribution is 2.22. The van der Waals surface area contributed by atoms with Gasteiger partial charge in [-0.2, -0.15) is 0 Å². The molecule has 0 N–H and O–H groups in total. The fraction of sp³-hybridized carbons (Fsp3) is 0.500. The fourth-order valence-corrected chi connectivity index (χ4v) is 1.60. The highest BCUT2D eigenvalue weighted by molar-refractivity contribution is 14.1. The van der Waals surface area contributed by atoms with E-state index in [0.717, 1.165) is 3.92 Å². The van der Waals surface area contributed by atoms with Gasteiger partial charge in [-0.15, -0.1) is 6.58 Å². The minimum atomic E-state index is 0.649. The van der Waals surface area contributed by atoms with Crippen LogP contribution < -0.4 is 0 Å². The summed E-state index contributed by atoms with van der Waals surface area (Å²) in [6.45, 7) is 3.76. The third-order valence-corrected chi connectivity index (χ3v) is 2.68. The Morgan fingerprint density at radius 3 is 2.67 bits per heavy atom. The Hall–Kier alpha value is 0.210. The minimum Gasteiger partial charge on any atom is -0.102 e. The Labute approximate surface area is 70.2 Å². The standard InChI is InChI=1S/C8H11I/c1-2-7-3-5-8(9)6-4-7/h2-3,5,7-8H,1,4,6H2. The molecule has 0 bridgehead atoms. The summed E-state index contributed by atoms with van der Waals surface area (Å²) < 4.78 is 0.763. The number of halogens is 1. The van der Waals surface area contributed by atoms with Crippen molar-refractivity contribution in [2.75, 3.05) is 0 Å². The molecule has 0 nitrogen and oxygen atoms in total. The molecule has 0 aromatic carbocycles. The molecule has 9 heavy (non-hydrogen) atoms. The van der Waals surface area contributed by atoms with E-state index in [4.69, 9.17) is 0 Å². The molecular formula is C8H11I. The van der Waals surface area contributed by atoms with E-state index in [1.165, 1.54) is 12.8 Å². The normalized spacial score (nSPS) is 34.3. The molecule has 50 valence electrons. The summed E-state index contributed by atoms with van der Waals surface area (Å²) in [5.41, 5.74) is 0. The molecule has 0 saturated carbocycles. The maximum atomic E-state index is 3.76. The lowest BCUT2D eigenvalue weighted by atomic mass is 9.96. The summed E-state index contributed by atoms with van der Waals surface area (Å²) in [7, 11) is 0. The summed E-state index contributed by atoms with van der Waals surface area (Å²) in [5, 5.41) is 0. The van der Waals surface area contributed by atoms with Crippen molar-refractivity contribution < 1.29 is 0 Å². The molecule has 0 aliphatic heterocycles. The van der Waals surface area contributed by atoms with Crippen molar-refractivity contribution in [2.45, 2.75) is 16.8 Å². The van der Waals surface area contributed by atoms with Gasteiger partial charge in [-0.05, 0) is 18.8 Å². The van der Waals surface area contributed by atoms with Crippen molar-refractivity contribution in [3.05, 3.63) is 24.8 Å². The summed E-state index contributed by atoms with van der Waals surface area (Å²) in [6.07, 6.45) is 9.16. The van der Waals surface area contributed by atoms with Gasteiger partial charge in [0, 0.05) is 3.92 Å². The molecule has 1 heteroatoms. The Morgan fingerprint density at radius 1 is 1.44 bits per heavy atom. The third-order valence-electron chi connectivity index (χ3n) is 1.65. The molecule has 2 unspecified atom stereocenters. The van der Waals surface area contributed by atoms with Crippen LogP contribution in [0.25, 0.3) is 0 Å². The van der Waals surface area contributed by atoms with Crippen LogP contribution in [0.15, 0.2) is 24.8 Å². The lowest BCUT2D eigenvalue weighted by Crippen LogP contribution is -2.04. The van der Waals surface area contributed by atoms with Crippen molar-refractivity contribution in [1.82, 2.24) is 0 Å². The Kier molecular flexibility index (Phi) is 2.76. The second kappa shape index (κ2) is 3.40. The predicted octanol–water partition coefficient (Wildman–Crippen LogP) is 2.94. The first-order valence-electron chi connectivity index (χ1n) is 3.28. The Bertz CT molecular complexity index is 127. The molecule has 0 radical (unpaired) electrons. The Morgan fingerprint density at radius 2 is 2.22 bits per heavy atom. The molecule has 1 aliphatic carbocycles. The van der Waals surface area contributed by atoms with Gasteiger partial charge >= 0.3 is 0 Å². The molecule has 0 fully saturated rings. The van der Waals surface area contributed by atoms with Crippen LogP contribution in [0.4, 0.5) is 0 Å². The van der Waals surface area contributed by atoms with Gasteiger partial charge in [0.2, 0.25) is 0 Å². The van der Waals surface area contributed by atoms with Gasteiger partial charge in [0.15, 0.2) is 0 Å². The second-order valence-electron chi connectivity index (χ2n) is 2.38. The molecule has 1 rings (SSSR count). The van der Waals surface area contributed by atoms with Crippen molar-refractivity contribution in [3.8, 4) is 0 Å². The third kappa shape index (κ3) is 2.12. The van der Waals surface area contributed by atoms with Crippen LogP contribution in [0.2, 0.25) is 0 Å². The van der Waals surface area contributed by atoms with Crippen LogP contribution in [0.5, 0.6) is 0 Å². The smallest absolute Gasteiger partial charge is 0.0289 e. The average molecular weight is 234 g/mol. The van der Waals surface area contributed by atoms with Crippen molar-refractivity contribution in [1.29, 1.82) is 0 Å². The van der Waals surface area contributed by atoms with Gasteiger partial charge in [0.05, 0.1) is 0 Å². The molecule has 0 heterocycles. The monoisotopic (exact) mass is 234 g/mol. The number of hydrogen-bond donors (Lipinski definition) is 0. The molecule has 2 atom stereocenters. The number of allylic oxidation sites excluding steroid dienone is 3. The molecule has 0 amide bonds. The highest BCUT2D eigenvalue weighted by atomic mass is 127. The first kappa shape index (κ1) is 7.32. The molecule has 1 aliphatic rings. The van der Waals surface area contributed by atoms with E-state index in [0.29, 0.717) is 5.92 Å². The van der Waals surface area contributed by atoms with E-state index in [2.05, 4.69) is 41.3 Å². The summed E-state index contributed by atoms with van der Waals surface area (Å²) in [5.74, 6) is 0.649. The van der Waals surface area contributed by atoms with Crippen LogP contribution >= 0.6 is 22.6 Å². The van der Waals surface area contributed by atoms with Crippen LogP contribution in [0, 0.1) is 5.92 Å². The number of alkyl halides is 1. The van der Waals surface area contributed by atoms with Gasteiger partial charge in [-0.25, -0.2) is 0 Å². The van der Waals surface area contributed by atoms with E-state index in [9.17, 15) is 0 Å². The molecule has 0 saturated heterocycles. The van der Waals surface area contributed by atoms with Gasteiger partial charge in [0.1, 0.15) is 0 Å². The summed E-state index contributed by atoms with van der Waals surface area (Å²) in [4.78, 5) is 0.